The molecule has 0 aromatic heterocycles. The van der Waals surface area contributed by atoms with Crippen LogP contribution in [0, 0.1) is 17.8 Å². The average Bonchev–Trinajstić information content (AvgIpc) is 3.45. The molecule has 0 amide bonds. The minimum absolute atomic E-state index is 0.103. The van der Waals surface area contributed by atoms with E-state index in [4.69, 9.17) is 37.0 Å². The van der Waals surface area contributed by atoms with E-state index in [0.29, 0.717) is 37.5 Å². The third kappa shape index (κ3) is 65.1. The number of carbonyl (C=O) groups excluding carboxylic acids is 4. The van der Waals surface area contributed by atoms with Gasteiger partial charge < -0.3 is 33.8 Å². The first-order valence-corrected chi connectivity index (χ1v) is 40.4. The second-order valence-electron chi connectivity index (χ2n) is 27.2. The molecule has 540 valence electrons. The molecule has 0 radical (unpaired) electrons. The molecule has 0 aromatic rings. The molecule has 0 rings (SSSR count). The van der Waals surface area contributed by atoms with Crippen LogP contribution in [0.25, 0.3) is 0 Å². The Morgan fingerprint density at radius 3 is 0.835 bits per heavy atom. The molecule has 0 bridgehead atoms. The molecule has 0 saturated carbocycles. The van der Waals surface area contributed by atoms with Crippen molar-refractivity contribution in [3.05, 3.63) is 0 Å². The van der Waals surface area contributed by atoms with Gasteiger partial charge in [0.05, 0.1) is 26.4 Å². The summed E-state index contributed by atoms with van der Waals surface area (Å²) in [5.41, 5.74) is 0. The van der Waals surface area contributed by atoms with Crippen molar-refractivity contribution in [3.8, 4) is 0 Å². The average molecular weight is 1340 g/mol. The van der Waals surface area contributed by atoms with Crippen molar-refractivity contribution < 1.29 is 80.2 Å². The third-order valence-electron chi connectivity index (χ3n) is 17.0. The van der Waals surface area contributed by atoms with Gasteiger partial charge in [-0.2, -0.15) is 0 Å². The highest BCUT2D eigenvalue weighted by Gasteiger charge is 2.30. The summed E-state index contributed by atoms with van der Waals surface area (Å²) in [5.74, 6) is 0.142. The summed E-state index contributed by atoms with van der Waals surface area (Å²) in [6.45, 7) is 11.8. The number of phosphoric acid groups is 2. The first-order valence-electron chi connectivity index (χ1n) is 37.4. The highest BCUT2D eigenvalue weighted by molar-refractivity contribution is 7.47. The lowest BCUT2D eigenvalue weighted by atomic mass is 9.99. The monoisotopic (exact) mass is 1340 g/mol. The second-order valence-corrected chi connectivity index (χ2v) is 30.1. The molecule has 3 unspecified atom stereocenters. The normalized spacial score (nSPS) is 14.5. The van der Waals surface area contributed by atoms with Gasteiger partial charge in [0, 0.05) is 25.7 Å². The predicted octanol–water partition coefficient (Wildman–Crippen LogP) is 20.6. The number of aliphatic hydroxyl groups excluding tert-OH is 1. The van der Waals surface area contributed by atoms with Crippen molar-refractivity contribution in [1.82, 2.24) is 0 Å². The largest absolute Gasteiger partial charge is 0.472 e. The molecule has 91 heavy (non-hydrogen) atoms. The van der Waals surface area contributed by atoms with Gasteiger partial charge in [-0.05, 0) is 43.4 Å². The number of carbonyl (C=O) groups is 4. The van der Waals surface area contributed by atoms with Crippen LogP contribution in [-0.2, 0) is 65.4 Å². The molecule has 0 aliphatic carbocycles. The molecule has 0 aliphatic rings. The number of ether oxygens (including phenoxy) is 4. The van der Waals surface area contributed by atoms with Crippen molar-refractivity contribution in [2.75, 3.05) is 39.6 Å². The summed E-state index contributed by atoms with van der Waals surface area (Å²) < 4.78 is 68.2. The van der Waals surface area contributed by atoms with Crippen LogP contribution in [-0.4, -0.2) is 96.7 Å². The van der Waals surface area contributed by atoms with Crippen molar-refractivity contribution in [1.29, 1.82) is 0 Å². The van der Waals surface area contributed by atoms with Crippen molar-refractivity contribution in [3.63, 3.8) is 0 Å². The first kappa shape index (κ1) is 89.1. The standard InChI is InChI=1S/C72H140O17P2/c1-8-10-11-12-13-24-32-39-46-53-69(74)82-59-68(89-72(77)56-49-42-35-28-30-37-44-51-64(5)6)62-87-91(80,81)85-58-66(73)57-84-90(78,79)86-61-67(60-83-70(75)54-47-40-34-27-29-36-43-50-63(3)4)88-71(76)55-48-41-33-26-23-21-19-17-15-14-16-18-20-22-25-31-38-45-52-65(7)9-2/h63-68,73H,8-62H2,1-7H3,(H,78,79)(H,80,81)/t65?,66-,67-,68-/m1/s1. The first-order chi connectivity index (χ1) is 43.8. The molecular formula is C72H140O17P2. The SMILES string of the molecule is CCCCCCCCCCCC(=O)OC[C@H](COP(=O)(O)OC[C@H](O)COP(=O)(O)OC[C@@H](COC(=O)CCCCCCCCCC(C)C)OC(=O)CCCCCCCCCCCCCCCCCCCCC(C)CC)OC(=O)CCCCCCCCCC(C)C. The molecule has 3 N–H and O–H groups in total. The van der Waals surface area contributed by atoms with Crippen LogP contribution in [0.1, 0.15) is 363 Å². The Kier molecular flexibility index (Phi) is 61.5. The van der Waals surface area contributed by atoms with Gasteiger partial charge in [0.1, 0.15) is 19.3 Å². The van der Waals surface area contributed by atoms with E-state index >= 15 is 0 Å². The number of phosphoric ester groups is 2. The molecule has 0 heterocycles. The summed E-state index contributed by atoms with van der Waals surface area (Å²) in [6.07, 6.45) is 47.5. The maximum Gasteiger partial charge on any atom is 0.472 e. The number of esters is 4. The molecule has 17 nitrogen and oxygen atoms in total. The summed E-state index contributed by atoms with van der Waals surface area (Å²) in [4.78, 5) is 72.4. The van der Waals surface area contributed by atoms with E-state index in [1.807, 2.05) is 0 Å². The molecule has 0 fully saturated rings. The number of aliphatic hydroxyl groups is 1. The van der Waals surface area contributed by atoms with Gasteiger partial charge >= 0.3 is 39.5 Å². The van der Waals surface area contributed by atoms with Gasteiger partial charge in [-0.25, -0.2) is 9.13 Å². The molecule has 0 saturated heterocycles. The zero-order valence-electron chi connectivity index (χ0n) is 59.3. The van der Waals surface area contributed by atoms with Gasteiger partial charge in [0.25, 0.3) is 0 Å². The van der Waals surface area contributed by atoms with E-state index in [-0.39, 0.29) is 25.7 Å². The molecular weight excluding hydrogens is 1200 g/mol. The molecule has 6 atom stereocenters. The van der Waals surface area contributed by atoms with Crippen LogP contribution in [0.4, 0.5) is 0 Å². The quantitative estimate of drug-likeness (QED) is 0.0222. The predicted molar refractivity (Wildman–Crippen MR) is 368 cm³/mol. The fourth-order valence-electron chi connectivity index (χ4n) is 10.9. The van der Waals surface area contributed by atoms with E-state index in [9.17, 15) is 43.2 Å². The van der Waals surface area contributed by atoms with Gasteiger partial charge in [-0.3, -0.25) is 37.3 Å². The van der Waals surface area contributed by atoms with Gasteiger partial charge in [-0.1, -0.05) is 312 Å². The second kappa shape index (κ2) is 62.8. The molecule has 0 aromatic carbocycles. The van der Waals surface area contributed by atoms with Gasteiger partial charge in [0.2, 0.25) is 0 Å². The zero-order valence-corrected chi connectivity index (χ0v) is 61.1. The molecule has 0 spiro atoms. The van der Waals surface area contributed by atoms with Crippen molar-refractivity contribution in [2.45, 2.75) is 381 Å². The Labute approximate surface area is 556 Å². The third-order valence-corrected chi connectivity index (χ3v) is 18.9. The maximum atomic E-state index is 13.0. The van der Waals surface area contributed by atoms with Crippen LogP contribution in [0.3, 0.4) is 0 Å². The van der Waals surface area contributed by atoms with E-state index in [1.54, 1.807) is 0 Å². The lowest BCUT2D eigenvalue weighted by Crippen LogP contribution is -2.30. The number of unbranched alkanes of at least 4 members (excludes halogenated alkanes) is 37. The summed E-state index contributed by atoms with van der Waals surface area (Å²) in [6, 6.07) is 0. The van der Waals surface area contributed by atoms with Crippen LogP contribution >= 0.6 is 15.6 Å². The highest BCUT2D eigenvalue weighted by atomic mass is 31.2. The Bertz CT molecular complexity index is 1790. The summed E-state index contributed by atoms with van der Waals surface area (Å²) in [7, 11) is -9.90. The minimum Gasteiger partial charge on any atom is -0.462 e. The van der Waals surface area contributed by atoms with Gasteiger partial charge in [0.15, 0.2) is 12.2 Å². The van der Waals surface area contributed by atoms with E-state index < -0.39 is 97.5 Å². The van der Waals surface area contributed by atoms with Crippen LogP contribution < -0.4 is 0 Å². The zero-order chi connectivity index (χ0) is 67.3. The smallest absolute Gasteiger partial charge is 0.462 e. The van der Waals surface area contributed by atoms with Crippen LogP contribution in [0.5, 0.6) is 0 Å². The Morgan fingerprint density at radius 1 is 0.319 bits per heavy atom. The van der Waals surface area contributed by atoms with Crippen molar-refractivity contribution in [2.24, 2.45) is 17.8 Å². The molecule has 0 aliphatic heterocycles. The van der Waals surface area contributed by atoms with Crippen LogP contribution in [0.15, 0.2) is 0 Å². The van der Waals surface area contributed by atoms with E-state index in [2.05, 4.69) is 48.5 Å². The Hall–Kier alpha value is -1.94. The Morgan fingerprint density at radius 2 is 0.560 bits per heavy atom. The van der Waals surface area contributed by atoms with Gasteiger partial charge in [-0.15, -0.1) is 0 Å². The number of hydrogen-bond acceptors (Lipinski definition) is 15. The summed E-state index contributed by atoms with van der Waals surface area (Å²) in [5, 5.41) is 10.6. The lowest BCUT2D eigenvalue weighted by Gasteiger charge is -2.21. The van der Waals surface area contributed by atoms with E-state index in [1.165, 1.54) is 167 Å². The summed E-state index contributed by atoms with van der Waals surface area (Å²) >= 11 is 0. The number of hydrogen-bond donors (Lipinski definition) is 3. The van der Waals surface area contributed by atoms with Crippen LogP contribution in [0.2, 0.25) is 0 Å². The van der Waals surface area contributed by atoms with Crippen molar-refractivity contribution >= 4 is 39.5 Å². The fraction of sp³-hybridized carbons (Fsp3) is 0.944. The Balaban J connectivity index is 5.13. The minimum atomic E-state index is -4.95. The lowest BCUT2D eigenvalue weighted by molar-refractivity contribution is -0.161. The maximum absolute atomic E-state index is 13.0. The number of rotatable bonds is 70. The van der Waals surface area contributed by atoms with E-state index in [0.717, 1.165) is 102 Å². The molecule has 19 heteroatoms. The highest BCUT2D eigenvalue weighted by Crippen LogP contribution is 2.45. The fourth-order valence-corrected chi connectivity index (χ4v) is 12.4. The topological polar surface area (TPSA) is 237 Å².